The van der Waals surface area contributed by atoms with E-state index in [1.54, 1.807) is 6.07 Å². The number of amides is 1. The third kappa shape index (κ3) is 3.01. The molecule has 2 heterocycles. The number of fused-ring (bicyclic) bond motifs is 2. The quantitative estimate of drug-likeness (QED) is 0.776. The number of ether oxygens (including phenoxy) is 1. The third-order valence-corrected chi connectivity index (χ3v) is 4.70. The normalized spacial score (nSPS) is 12.7. The summed E-state index contributed by atoms with van der Waals surface area (Å²) in [6.07, 6.45) is 2.57. The van der Waals surface area contributed by atoms with Crippen LogP contribution in [0.3, 0.4) is 0 Å². The minimum atomic E-state index is -0.148. The monoisotopic (exact) mass is 347 g/mol. The van der Waals surface area contributed by atoms with E-state index in [0.29, 0.717) is 12.2 Å². The Morgan fingerprint density at radius 1 is 1.04 bits per heavy atom. The van der Waals surface area contributed by atoms with Crippen LogP contribution in [0.1, 0.15) is 41.2 Å². The van der Waals surface area contributed by atoms with Gasteiger partial charge in [-0.25, -0.2) is 9.97 Å². The average molecular weight is 347 g/mol. The van der Waals surface area contributed by atoms with Gasteiger partial charge in [0.1, 0.15) is 5.75 Å². The van der Waals surface area contributed by atoms with Crippen molar-refractivity contribution < 1.29 is 9.53 Å². The van der Waals surface area contributed by atoms with Crippen LogP contribution in [0, 0.1) is 0 Å². The lowest BCUT2D eigenvalue weighted by Crippen LogP contribution is -2.12. The lowest BCUT2D eigenvalue weighted by Gasteiger charge is -2.09. The van der Waals surface area contributed by atoms with Crippen LogP contribution in [0.25, 0.3) is 11.0 Å². The molecule has 4 rings (SSSR count). The summed E-state index contributed by atoms with van der Waals surface area (Å²) >= 11 is 0. The van der Waals surface area contributed by atoms with Crippen molar-refractivity contribution in [2.45, 2.75) is 33.1 Å². The fraction of sp³-hybridized carbons (Fsp3) is 0.286. The summed E-state index contributed by atoms with van der Waals surface area (Å²) < 4.78 is 5.50. The number of aryl methyl sites for hydroxylation is 2. The number of aromatic nitrogens is 2. The molecule has 0 saturated carbocycles. The summed E-state index contributed by atoms with van der Waals surface area (Å²) in [6.45, 7) is 4.86. The molecule has 1 aliphatic heterocycles. The van der Waals surface area contributed by atoms with Gasteiger partial charge in [0.2, 0.25) is 0 Å². The number of hydrogen-bond donors (Lipinski definition) is 1. The Hall–Kier alpha value is -2.95. The van der Waals surface area contributed by atoms with E-state index in [2.05, 4.69) is 24.1 Å². The van der Waals surface area contributed by atoms with Crippen molar-refractivity contribution in [2.24, 2.45) is 0 Å². The number of benzene rings is 2. The number of carbonyl (C=O) groups excluding carboxylic acids is 1. The zero-order chi connectivity index (χ0) is 18.1. The van der Waals surface area contributed by atoms with Gasteiger partial charge in [0, 0.05) is 17.7 Å². The van der Waals surface area contributed by atoms with Crippen LogP contribution in [0.4, 0.5) is 5.69 Å². The second-order valence-electron chi connectivity index (χ2n) is 6.40. The Bertz CT molecular complexity index is 998. The maximum atomic E-state index is 12.6. The van der Waals surface area contributed by atoms with Crippen LogP contribution in [0.5, 0.6) is 5.75 Å². The van der Waals surface area contributed by atoms with Gasteiger partial charge in [0.05, 0.1) is 29.0 Å². The van der Waals surface area contributed by atoms with Gasteiger partial charge in [-0.2, -0.15) is 0 Å². The second kappa shape index (κ2) is 6.75. The van der Waals surface area contributed by atoms with Gasteiger partial charge in [-0.15, -0.1) is 0 Å². The minimum Gasteiger partial charge on any atom is -0.493 e. The first-order valence-corrected chi connectivity index (χ1v) is 9.04. The van der Waals surface area contributed by atoms with Gasteiger partial charge in [-0.05, 0) is 54.8 Å². The molecule has 0 spiro atoms. The third-order valence-electron chi connectivity index (χ3n) is 4.70. The summed E-state index contributed by atoms with van der Waals surface area (Å²) in [4.78, 5) is 22.0. The number of carbonyl (C=O) groups is 1. The smallest absolute Gasteiger partial charge is 0.255 e. The summed E-state index contributed by atoms with van der Waals surface area (Å²) in [5, 5.41) is 2.96. The molecule has 5 heteroatoms. The number of rotatable bonds is 4. The van der Waals surface area contributed by atoms with E-state index >= 15 is 0 Å². The number of nitrogens with zero attached hydrogens (tertiary/aromatic N) is 2. The van der Waals surface area contributed by atoms with Gasteiger partial charge in [0.15, 0.2) is 0 Å². The van der Waals surface area contributed by atoms with Crippen molar-refractivity contribution in [1.82, 2.24) is 9.97 Å². The second-order valence-corrected chi connectivity index (χ2v) is 6.40. The molecule has 0 atom stereocenters. The van der Waals surface area contributed by atoms with Crippen LogP contribution in [0.2, 0.25) is 0 Å². The summed E-state index contributed by atoms with van der Waals surface area (Å²) in [5.74, 6) is 0.757. The van der Waals surface area contributed by atoms with Crippen molar-refractivity contribution in [1.29, 1.82) is 0 Å². The molecule has 1 N–H and O–H groups in total. The summed E-state index contributed by atoms with van der Waals surface area (Å²) in [5.41, 5.74) is 6.09. The molecule has 0 bridgehead atoms. The van der Waals surface area contributed by atoms with Crippen molar-refractivity contribution in [2.75, 3.05) is 11.9 Å². The average Bonchev–Trinajstić information content (AvgIpc) is 3.14. The molecule has 132 valence electrons. The van der Waals surface area contributed by atoms with E-state index < -0.39 is 0 Å². The van der Waals surface area contributed by atoms with Crippen molar-refractivity contribution in [3.05, 3.63) is 58.9 Å². The molecule has 0 unspecified atom stereocenters. The molecule has 0 aliphatic carbocycles. The number of nitrogens with one attached hydrogen (secondary N) is 1. The SMILES string of the molecule is CCc1nc2ccc(C(=O)Nc3ccc4c(c3)CCO4)cc2nc1CC. The fourth-order valence-electron chi connectivity index (χ4n) is 3.30. The predicted molar refractivity (Wildman–Crippen MR) is 102 cm³/mol. The molecule has 2 aromatic carbocycles. The van der Waals surface area contributed by atoms with E-state index in [9.17, 15) is 4.79 Å². The summed E-state index contributed by atoms with van der Waals surface area (Å²) in [7, 11) is 0. The Kier molecular flexibility index (Phi) is 4.29. The Morgan fingerprint density at radius 3 is 2.58 bits per heavy atom. The molecular formula is C21H21N3O2. The predicted octanol–water partition coefficient (Wildman–Crippen LogP) is 3.94. The van der Waals surface area contributed by atoms with Gasteiger partial charge >= 0.3 is 0 Å². The van der Waals surface area contributed by atoms with Crippen LogP contribution in [0.15, 0.2) is 36.4 Å². The molecule has 5 nitrogen and oxygen atoms in total. The lowest BCUT2D eigenvalue weighted by molar-refractivity contribution is 0.102. The van der Waals surface area contributed by atoms with Crippen LogP contribution < -0.4 is 10.1 Å². The molecule has 0 radical (unpaired) electrons. The number of hydrogen-bond acceptors (Lipinski definition) is 4. The molecular weight excluding hydrogens is 326 g/mol. The zero-order valence-corrected chi connectivity index (χ0v) is 15.0. The van der Waals surface area contributed by atoms with E-state index in [-0.39, 0.29) is 5.91 Å². The van der Waals surface area contributed by atoms with E-state index in [1.807, 2.05) is 30.3 Å². The van der Waals surface area contributed by atoms with Gasteiger partial charge in [-0.1, -0.05) is 13.8 Å². The first kappa shape index (κ1) is 16.5. The Labute approximate surface area is 152 Å². The van der Waals surface area contributed by atoms with E-state index in [4.69, 9.17) is 9.72 Å². The first-order valence-electron chi connectivity index (χ1n) is 9.04. The first-order chi connectivity index (χ1) is 12.7. The Balaban J connectivity index is 1.62. The van der Waals surface area contributed by atoms with Crippen LogP contribution in [-0.4, -0.2) is 22.5 Å². The molecule has 0 saturated heterocycles. The summed E-state index contributed by atoms with van der Waals surface area (Å²) in [6, 6.07) is 11.2. The molecule has 1 aromatic heterocycles. The maximum Gasteiger partial charge on any atom is 0.255 e. The lowest BCUT2D eigenvalue weighted by atomic mass is 10.1. The highest BCUT2D eigenvalue weighted by Crippen LogP contribution is 2.28. The van der Waals surface area contributed by atoms with Crippen molar-refractivity contribution in [3.63, 3.8) is 0 Å². The highest BCUT2D eigenvalue weighted by molar-refractivity contribution is 6.06. The van der Waals surface area contributed by atoms with Crippen molar-refractivity contribution in [3.8, 4) is 5.75 Å². The molecule has 1 aliphatic rings. The standard InChI is InChI=1S/C21H21N3O2/c1-3-16-17(4-2)24-19-12-14(5-7-18(19)23-16)21(25)22-15-6-8-20-13(11-15)9-10-26-20/h5-8,11-12H,3-4,9-10H2,1-2H3,(H,22,25). The minimum absolute atomic E-state index is 0.148. The molecule has 0 fully saturated rings. The van der Waals surface area contributed by atoms with E-state index in [1.165, 1.54) is 0 Å². The van der Waals surface area contributed by atoms with Crippen molar-refractivity contribution >= 4 is 22.6 Å². The van der Waals surface area contributed by atoms with E-state index in [0.717, 1.165) is 58.7 Å². The topological polar surface area (TPSA) is 64.1 Å². The molecule has 3 aromatic rings. The Morgan fingerprint density at radius 2 is 1.81 bits per heavy atom. The molecule has 26 heavy (non-hydrogen) atoms. The fourth-order valence-corrected chi connectivity index (χ4v) is 3.30. The van der Waals surface area contributed by atoms with Crippen LogP contribution >= 0.6 is 0 Å². The van der Waals surface area contributed by atoms with Gasteiger partial charge in [-0.3, -0.25) is 4.79 Å². The van der Waals surface area contributed by atoms with Gasteiger partial charge < -0.3 is 10.1 Å². The highest BCUT2D eigenvalue weighted by atomic mass is 16.5. The molecule has 1 amide bonds. The maximum absolute atomic E-state index is 12.6. The van der Waals surface area contributed by atoms with Gasteiger partial charge in [0.25, 0.3) is 5.91 Å². The zero-order valence-electron chi connectivity index (χ0n) is 15.0. The van der Waals surface area contributed by atoms with Crippen LogP contribution in [-0.2, 0) is 19.3 Å². The highest BCUT2D eigenvalue weighted by Gasteiger charge is 2.14. The number of anilines is 1. The largest absolute Gasteiger partial charge is 0.493 e.